The molecule has 2 rings (SSSR count). The van der Waals surface area contributed by atoms with E-state index in [2.05, 4.69) is 0 Å². The molecule has 0 aliphatic rings. The molecule has 5 heteroatoms. The molecule has 0 heterocycles. The van der Waals surface area contributed by atoms with Crippen LogP contribution in [0.2, 0.25) is 0 Å². The van der Waals surface area contributed by atoms with Gasteiger partial charge in [-0.15, -0.1) is 0 Å². The zero-order valence-corrected chi connectivity index (χ0v) is 11.1. The van der Waals surface area contributed by atoms with E-state index in [1.165, 1.54) is 0 Å². The molecule has 0 saturated carbocycles. The zero-order chi connectivity index (χ0) is 14.5. The lowest BCUT2D eigenvalue weighted by molar-refractivity contribution is 0.112. The Morgan fingerprint density at radius 2 is 1.85 bits per heavy atom. The summed E-state index contributed by atoms with van der Waals surface area (Å²) in [5, 5.41) is 18.3. The van der Waals surface area contributed by atoms with Crippen molar-refractivity contribution < 1.29 is 19.6 Å². The Balaban J connectivity index is 2.09. The molecular formula is C15H15BO4. The molecule has 0 spiro atoms. The molecule has 0 aliphatic carbocycles. The first-order chi connectivity index (χ1) is 9.60. The first kappa shape index (κ1) is 14.3. The van der Waals surface area contributed by atoms with E-state index in [0.29, 0.717) is 23.4 Å². The molecule has 102 valence electrons. The van der Waals surface area contributed by atoms with Crippen molar-refractivity contribution in [2.24, 2.45) is 0 Å². The van der Waals surface area contributed by atoms with Gasteiger partial charge in [-0.25, -0.2) is 0 Å². The quantitative estimate of drug-likeness (QED) is 0.630. The summed E-state index contributed by atoms with van der Waals surface area (Å²) in [5.41, 5.74) is 2.93. The molecule has 2 aromatic rings. The lowest BCUT2D eigenvalue weighted by Gasteiger charge is -2.10. The van der Waals surface area contributed by atoms with Gasteiger partial charge in [-0.3, -0.25) is 4.79 Å². The summed E-state index contributed by atoms with van der Waals surface area (Å²) in [5.74, 6) is 0.657. The number of ether oxygens (including phenoxy) is 1. The van der Waals surface area contributed by atoms with Crippen LogP contribution in [-0.4, -0.2) is 23.5 Å². The normalized spacial score (nSPS) is 10.2. The molecule has 0 unspecified atom stereocenters. The molecular weight excluding hydrogens is 255 g/mol. The van der Waals surface area contributed by atoms with E-state index < -0.39 is 7.12 Å². The van der Waals surface area contributed by atoms with Gasteiger partial charge in [0.15, 0.2) is 0 Å². The lowest BCUT2D eigenvalue weighted by Crippen LogP contribution is -2.30. The summed E-state index contributed by atoms with van der Waals surface area (Å²) in [6, 6.07) is 12.0. The lowest BCUT2D eigenvalue weighted by atomic mass is 9.79. The van der Waals surface area contributed by atoms with Crippen LogP contribution in [0.15, 0.2) is 42.5 Å². The summed E-state index contributed by atoms with van der Waals surface area (Å²) in [4.78, 5) is 10.6. The van der Waals surface area contributed by atoms with Gasteiger partial charge in [0.1, 0.15) is 18.6 Å². The Hall–Kier alpha value is -2.11. The number of hydrogen-bond acceptors (Lipinski definition) is 4. The Morgan fingerprint density at radius 1 is 1.15 bits per heavy atom. The minimum atomic E-state index is -1.48. The van der Waals surface area contributed by atoms with E-state index in [4.69, 9.17) is 14.8 Å². The summed E-state index contributed by atoms with van der Waals surface area (Å²) < 4.78 is 5.63. The number of carbonyl (C=O) groups is 1. The molecule has 0 bridgehead atoms. The number of hydrogen-bond donors (Lipinski definition) is 2. The molecule has 0 aromatic heterocycles. The molecule has 0 radical (unpaired) electrons. The van der Waals surface area contributed by atoms with Gasteiger partial charge in [0.2, 0.25) is 0 Å². The van der Waals surface area contributed by atoms with E-state index >= 15 is 0 Å². The molecule has 4 nitrogen and oxygen atoms in total. The van der Waals surface area contributed by atoms with Crippen LogP contribution in [0.25, 0.3) is 0 Å². The third kappa shape index (κ3) is 3.47. The number of benzene rings is 2. The monoisotopic (exact) mass is 270 g/mol. The summed E-state index contributed by atoms with van der Waals surface area (Å²) in [6.45, 7) is 2.26. The Bertz CT molecular complexity index is 593. The Morgan fingerprint density at radius 3 is 2.45 bits per heavy atom. The molecule has 0 saturated heterocycles. The second kappa shape index (κ2) is 6.37. The van der Waals surface area contributed by atoms with Crippen molar-refractivity contribution in [3.8, 4) is 5.75 Å². The van der Waals surface area contributed by atoms with Crippen molar-refractivity contribution >= 4 is 18.9 Å². The highest BCUT2D eigenvalue weighted by molar-refractivity contribution is 6.58. The van der Waals surface area contributed by atoms with Gasteiger partial charge in [-0.05, 0) is 47.8 Å². The minimum absolute atomic E-state index is 0.326. The maximum Gasteiger partial charge on any atom is 0.488 e. The standard InChI is InChI=1S/C15H15BO4/c1-11-2-5-14(16(18)19)8-13(11)10-20-15-6-3-12(9-17)4-7-15/h2-9,18-19H,10H2,1H3. The van der Waals surface area contributed by atoms with Crippen LogP contribution in [0.5, 0.6) is 5.75 Å². The predicted octanol–water partition coefficient (Wildman–Crippen LogP) is 1.07. The number of rotatable bonds is 5. The average Bonchev–Trinajstić information content (AvgIpc) is 2.46. The van der Waals surface area contributed by atoms with E-state index in [1.807, 2.05) is 13.0 Å². The van der Waals surface area contributed by atoms with Crippen LogP contribution in [0.4, 0.5) is 0 Å². The molecule has 0 aliphatic heterocycles. The Labute approximate surface area is 117 Å². The SMILES string of the molecule is Cc1ccc(B(O)O)cc1COc1ccc(C=O)cc1. The maximum atomic E-state index is 10.6. The highest BCUT2D eigenvalue weighted by atomic mass is 16.5. The molecule has 0 amide bonds. The molecule has 2 N–H and O–H groups in total. The molecule has 0 fully saturated rings. The average molecular weight is 270 g/mol. The van der Waals surface area contributed by atoms with Gasteiger partial charge >= 0.3 is 7.12 Å². The predicted molar refractivity (Wildman–Crippen MR) is 77.2 cm³/mol. The van der Waals surface area contributed by atoms with E-state index in [1.54, 1.807) is 36.4 Å². The van der Waals surface area contributed by atoms with E-state index in [0.717, 1.165) is 17.4 Å². The van der Waals surface area contributed by atoms with Gasteiger partial charge in [0, 0.05) is 5.56 Å². The fourth-order valence-corrected chi connectivity index (χ4v) is 1.81. The van der Waals surface area contributed by atoms with E-state index in [-0.39, 0.29) is 0 Å². The van der Waals surface area contributed by atoms with Gasteiger partial charge in [0.25, 0.3) is 0 Å². The highest BCUT2D eigenvalue weighted by Gasteiger charge is 2.12. The van der Waals surface area contributed by atoms with Crippen LogP contribution >= 0.6 is 0 Å². The largest absolute Gasteiger partial charge is 0.489 e. The van der Waals surface area contributed by atoms with Crippen molar-refractivity contribution in [2.75, 3.05) is 0 Å². The second-order valence-electron chi connectivity index (χ2n) is 4.54. The van der Waals surface area contributed by atoms with Crippen LogP contribution < -0.4 is 10.2 Å². The summed E-state index contributed by atoms with van der Waals surface area (Å²) in [7, 11) is -1.48. The van der Waals surface area contributed by atoms with Crippen molar-refractivity contribution in [3.05, 3.63) is 59.2 Å². The third-order valence-electron chi connectivity index (χ3n) is 3.08. The van der Waals surface area contributed by atoms with Crippen molar-refractivity contribution in [2.45, 2.75) is 13.5 Å². The first-order valence-corrected chi connectivity index (χ1v) is 6.24. The second-order valence-corrected chi connectivity index (χ2v) is 4.54. The summed E-state index contributed by atoms with van der Waals surface area (Å²) >= 11 is 0. The van der Waals surface area contributed by atoms with E-state index in [9.17, 15) is 4.79 Å². The number of aldehydes is 1. The smallest absolute Gasteiger partial charge is 0.488 e. The topological polar surface area (TPSA) is 66.8 Å². The zero-order valence-electron chi connectivity index (χ0n) is 11.1. The third-order valence-corrected chi connectivity index (χ3v) is 3.08. The van der Waals surface area contributed by atoms with Crippen LogP contribution in [0.1, 0.15) is 21.5 Å². The maximum absolute atomic E-state index is 10.6. The highest BCUT2D eigenvalue weighted by Crippen LogP contribution is 2.15. The molecule has 2 aromatic carbocycles. The number of aryl methyl sites for hydroxylation is 1. The number of carbonyl (C=O) groups excluding carboxylic acids is 1. The van der Waals surface area contributed by atoms with Gasteiger partial charge in [-0.2, -0.15) is 0 Å². The fraction of sp³-hybridized carbons (Fsp3) is 0.133. The molecule has 20 heavy (non-hydrogen) atoms. The van der Waals surface area contributed by atoms with Gasteiger partial charge < -0.3 is 14.8 Å². The van der Waals surface area contributed by atoms with Crippen LogP contribution in [-0.2, 0) is 6.61 Å². The van der Waals surface area contributed by atoms with Crippen LogP contribution in [0.3, 0.4) is 0 Å². The van der Waals surface area contributed by atoms with Crippen molar-refractivity contribution in [1.29, 1.82) is 0 Å². The van der Waals surface area contributed by atoms with Gasteiger partial charge in [-0.1, -0.05) is 18.2 Å². The van der Waals surface area contributed by atoms with Crippen LogP contribution in [0, 0.1) is 6.92 Å². The Kier molecular flexibility index (Phi) is 4.55. The minimum Gasteiger partial charge on any atom is -0.489 e. The van der Waals surface area contributed by atoms with Crippen molar-refractivity contribution in [1.82, 2.24) is 0 Å². The van der Waals surface area contributed by atoms with Gasteiger partial charge in [0.05, 0.1) is 0 Å². The first-order valence-electron chi connectivity index (χ1n) is 6.24. The molecule has 0 atom stereocenters. The fourth-order valence-electron chi connectivity index (χ4n) is 1.81. The van der Waals surface area contributed by atoms with Crippen molar-refractivity contribution in [3.63, 3.8) is 0 Å². The summed E-state index contributed by atoms with van der Waals surface area (Å²) in [6.07, 6.45) is 0.778.